The maximum atomic E-state index is 15.6. The van der Waals surface area contributed by atoms with E-state index in [4.69, 9.17) is 0 Å². The predicted molar refractivity (Wildman–Crippen MR) is 338 cm³/mol. The first-order chi connectivity index (χ1) is 40.2. The van der Waals surface area contributed by atoms with Crippen LogP contribution < -0.4 is 31.9 Å². The minimum absolute atomic E-state index is 0.0216. The zero-order valence-electron chi connectivity index (χ0n) is 55.1. The average Bonchev–Trinajstić information content (AvgIpc) is 1.81. The van der Waals surface area contributed by atoms with Crippen LogP contribution in [0.5, 0.6) is 0 Å². The van der Waals surface area contributed by atoms with Crippen molar-refractivity contribution in [1.82, 2.24) is 46.3 Å². The summed E-state index contributed by atoms with van der Waals surface area (Å²) in [5, 5.41) is 47.2. The van der Waals surface area contributed by atoms with Gasteiger partial charge in [-0.1, -0.05) is 144 Å². The molecule has 1 heterocycles. The van der Waals surface area contributed by atoms with Gasteiger partial charge in [0, 0.05) is 72.7 Å². The summed E-state index contributed by atoms with van der Waals surface area (Å²) in [7, 11) is 8.47. The van der Waals surface area contributed by atoms with Crippen LogP contribution in [-0.2, 0) is 61.0 Å². The number of aromatic nitrogens is 1. The maximum absolute atomic E-state index is 15.6. The van der Waals surface area contributed by atoms with Crippen molar-refractivity contribution in [3.05, 3.63) is 95.2 Å². The fourth-order valence-electron chi connectivity index (χ4n) is 11.5. The standard InChI is InChI=1S/C66H101N9O12/c1-38(2)48(34-40(4)57(81)70-46(62(86)87)36-51(78)79)74(19)61(85)55(72-59(83)53(68-17)66(14,15)45-37-73(18)47-29-25-24-28-44(45)47)64(10,11)33-32-39(3)49(35-41(5)56(80)69-42(6)30-31-50(76)77)75(20)60(84)54(63(7,8)9)71-58(82)52(67-16)65(12,13)43-26-22-21-23-27-43/h21-29,34-35,37-39,42,46,48-49,52-55,67-68H,30-33,36H2,1-20H3,(H,69,80)(H,70,81)(H,71,82)(H,72,83)(H,76,77)(H,78,79)(H,86,87)/b40-34+,41-35+/t39?,42-,46-,48-,49-,52-,53-,54-,55-/m1/s1. The second-order valence-electron chi connectivity index (χ2n) is 26.8. The normalized spacial score (nSPS) is 15.8. The maximum Gasteiger partial charge on any atom is 0.326 e. The molecular weight excluding hydrogens is 1110 g/mol. The third-order valence-electron chi connectivity index (χ3n) is 17.2. The first kappa shape index (κ1) is 73.9. The lowest BCUT2D eigenvalue weighted by atomic mass is 9.74. The molecule has 21 heteroatoms. The molecule has 1 unspecified atom stereocenters. The third-order valence-corrected chi connectivity index (χ3v) is 17.2. The molecule has 1 aromatic heterocycles. The molecule has 3 rings (SSSR count). The van der Waals surface area contributed by atoms with E-state index in [2.05, 4.69) is 31.9 Å². The number of fused-ring (bicyclic) bond motifs is 1. The summed E-state index contributed by atoms with van der Waals surface area (Å²) in [6.07, 6.45) is 4.87. The van der Waals surface area contributed by atoms with E-state index in [1.54, 1.807) is 48.1 Å². The van der Waals surface area contributed by atoms with Crippen molar-refractivity contribution < 1.29 is 58.5 Å². The van der Waals surface area contributed by atoms with E-state index in [1.165, 1.54) is 22.8 Å². The van der Waals surface area contributed by atoms with Gasteiger partial charge in [0.2, 0.25) is 35.4 Å². The molecule has 0 bridgehead atoms. The molecule has 0 saturated carbocycles. The average molecular weight is 1210 g/mol. The van der Waals surface area contributed by atoms with Gasteiger partial charge >= 0.3 is 17.9 Å². The monoisotopic (exact) mass is 1210 g/mol. The Morgan fingerprint density at radius 2 is 1.08 bits per heavy atom. The summed E-state index contributed by atoms with van der Waals surface area (Å²) >= 11 is 0. The number of aryl methyl sites for hydroxylation is 1. The topological polar surface area (TPSA) is 298 Å². The van der Waals surface area contributed by atoms with Gasteiger partial charge in [0.25, 0.3) is 0 Å². The molecule has 0 fully saturated rings. The second kappa shape index (κ2) is 31.0. The van der Waals surface area contributed by atoms with Crippen molar-refractivity contribution >= 4 is 64.3 Å². The largest absolute Gasteiger partial charge is 0.481 e. The van der Waals surface area contributed by atoms with Gasteiger partial charge in [0.1, 0.15) is 18.1 Å². The molecule has 0 radical (unpaired) electrons. The number of hydrogen-bond donors (Lipinski definition) is 9. The Balaban J connectivity index is 2.23. The molecule has 87 heavy (non-hydrogen) atoms. The van der Waals surface area contributed by atoms with Gasteiger partial charge in [0.15, 0.2) is 0 Å². The van der Waals surface area contributed by atoms with Crippen molar-refractivity contribution in [1.29, 1.82) is 0 Å². The van der Waals surface area contributed by atoms with Crippen LogP contribution in [0.2, 0.25) is 0 Å². The SMILES string of the molecule is CN[C@H](C(=O)N[C@H](C(=O)N(C)[C@H](/C=C(\C)C(=O)N[C@H](C)CCC(=O)O)C(C)CCC(C)(C)[C@H](NC(=O)[C@@H](NC)C(C)(C)c1cn(C)c2ccccc12)C(=O)N(C)[C@H](/C=C(\C)C(=O)N[C@H](CC(=O)O)C(=O)O)C(C)C)C(C)(C)C)C(C)(C)c1ccccc1. The van der Waals surface area contributed by atoms with Crippen molar-refractivity contribution in [2.45, 2.75) is 195 Å². The van der Waals surface area contributed by atoms with E-state index in [1.807, 2.05) is 155 Å². The molecule has 6 amide bonds. The van der Waals surface area contributed by atoms with E-state index < -0.39 is 136 Å². The zero-order chi connectivity index (χ0) is 66.4. The Morgan fingerprint density at radius 1 is 0.598 bits per heavy atom. The number of likely N-dealkylation sites (N-methyl/N-ethyl adjacent to an activating group) is 4. The number of hydrogen-bond acceptors (Lipinski definition) is 11. The Hall–Kier alpha value is -7.39. The molecule has 9 atom stereocenters. The Bertz CT molecular complexity index is 2990. The summed E-state index contributed by atoms with van der Waals surface area (Å²) in [6, 6.07) is 9.58. The number of carboxylic acids is 3. The minimum Gasteiger partial charge on any atom is -0.481 e. The van der Waals surface area contributed by atoms with Crippen LogP contribution >= 0.6 is 0 Å². The number of benzene rings is 2. The van der Waals surface area contributed by atoms with E-state index in [0.717, 1.165) is 22.0 Å². The van der Waals surface area contributed by atoms with Gasteiger partial charge < -0.3 is 61.6 Å². The zero-order valence-corrected chi connectivity index (χ0v) is 55.1. The summed E-state index contributed by atoms with van der Waals surface area (Å²) in [4.78, 5) is 126. The van der Waals surface area contributed by atoms with E-state index in [-0.39, 0.29) is 36.3 Å². The molecule has 0 spiro atoms. The lowest BCUT2D eigenvalue weighted by Crippen LogP contribution is -2.62. The van der Waals surface area contributed by atoms with Crippen LogP contribution in [0.4, 0.5) is 0 Å². The van der Waals surface area contributed by atoms with Crippen molar-refractivity contribution in [3.63, 3.8) is 0 Å². The molecule has 3 aromatic rings. The highest BCUT2D eigenvalue weighted by Crippen LogP contribution is 2.37. The van der Waals surface area contributed by atoms with E-state index in [9.17, 15) is 44.1 Å². The number of nitrogens with one attached hydrogen (secondary N) is 6. The van der Waals surface area contributed by atoms with Crippen LogP contribution in [0.25, 0.3) is 10.9 Å². The highest BCUT2D eigenvalue weighted by atomic mass is 16.4. The molecular formula is C66H101N9O12. The van der Waals surface area contributed by atoms with Crippen LogP contribution in [0, 0.1) is 22.7 Å². The summed E-state index contributed by atoms with van der Waals surface area (Å²) in [5.74, 6) is -7.98. The number of amides is 6. The molecule has 0 aliphatic carbocycles. The van der Waals surface area contributed by atoms with Crippen LogP contribution in [-0.4, -0.2) is 160 Å². The van der Waals surface area contributed by atoms with Gasteiger partial charge in [0.05, 0.1) is 30.6 Å². The first-order valence-corrected chi connectivity index (χ1v) is 29.9. The lowest BCUT2D eigenvalue weighted by molar-refractivity contribution is -0.146. The number of para-hydroxylation sites is 1. The molecule has 2 aromatic carbocycles. The lowest BCUT2D eigenvalue weighted by Gasteiger charge is -2.42. The van der Waals surface area contributed by atoms with Gasteiger partial charge in [-0.25, -0.2) is 4.79 Å². The van der Waals surface area contributed by atoms with Crippen LogP contribution in [0.15, 0.2) is 84.1 Å². The number of carboxylic acid groups (broad SMARTS) is 3. The number of rotatable bonds is 32. The highest BCUT2D eigenvalue weighted by Gasteiger charge is 2.46. The van der Waals surface area contributed by atoms with Gasteiger partial charge in [-0.2, -0.15) is 0 Å². The number of carbonyl (C=O) groups is 9. The smallest absolute Gasteiger partial charge is 0.326 e. The number of nitrogens with zero attached hydrogens (tertiary/aromatic N) is 3. The summed E-state index contributed by atoms with van der Waals surface area (Å²) in [6.45, 7) is 27.4. The highest BCUT2D eigenvalue weighted by molar-refractivity contribution is 5.97. The molecule has 0 saturated heterocycles. The predicted octanol–water partition coefficient (Wildman–Crippen LogP) is 6.68. The molecule has 0 aliphatic heterocycles. The summed E-state index contributed by atoms with van der Waals surface area (Å²) < 4.78 is 2.00. The quantitative estimate of drug-likeness (QED) is 0.0295. The van der Waals surface area contributed by atoms with Crippen molar-refractivity contribution in [2.24, 2.45) is 29.7 Å². The number of carbonyl (C=O) groups excluding carboxylic acids is 6. The Morgan fingerprint density at radius 3 is 1.59 bits per heavy atom. The van der Waals surface area contributed by atoms with Gasteiger partial charge in [-0.15, -0.1) is 0 Å². The van der Waals surface area contributed by atoms with Gasteiger partial charge in [-0.05, 0) is 94.0 Å². The number of aliphatic carboxylic acids is 3. The van der Waals surface area contributed by atoms with Crippen molar-refractivity contribution in [2.75, 3.05) is 28.2 Å². The third kappa shape index (κ3) is 19.3. The fraction of sp³-hybridized carbons (Fsp3) is 0.591. The van der Waals surface area contributed by atoms with Crippen LogP contribution in [0.1, 0.15) is 147 Å². The Kier molecular flexibility index (Phi) is 26.3. The second-order valence-corrected chi connectivity index (χ2v) is 26.8. The fourth-order valence-corrected chi connectivity index (χ4v) is 11.5. The molecule has 0 aliphatic rings. The summed E-state index contributed by atoms with van der Waals surface area (Å²) in [5.41, 5.74) is -0.497. The van der Waals surface area contributed by atoms with Crippen molar-refractivity contribution in [3.8, 4) is 0 Å². The van der Waals surface area contributed by atoms with E-state index in [0.29, 0.717) is 6.42 Å². The molecule has 21 nitrogen and oxygen atoms in total. The first-order valence-electron chi connectivity index (χ1n) is 29.9. The molecule has 9 N–H and O–H groups in total. The molecule has 482 valence electrons. The van der Waals surface area contributed by atoms with Crippen LogP contribution in [0.3, 0.4) is 0 Å². The van der Waals surface area contributed by atoms with E-state index >= 15 is 14.4 Å². The Labute approximate surface area is 515 Å². The minimum atomic E-state index is -1.72. The van der Waals surface area contributed by atoms with Gasteiger partial charge in [-0.3, -0.25) is 38.4 Å².